The average Bonchev–Trinajstić information content (AvgIpc) is 3.52. The highest BCUT2D eigenvalue weighted by Crippen LogP contribution is 2.22. The lowest BCUT2D eigenvalue weighted by atomic mass is 9.95. The van der Waals surface area contributed by atoms with Crippen LogP contribution in [0.4, 0.5) is 0 Å². The van der Waals surface area contributed by atoms with Gasteiger partial charge in [0.1, 0.15) is 0 Å². The number of aliphatic hydroxyl groups is 1. The summed E-state index contributed by atoms with van der Waals surface area (Å²) in [4.78, 5) is 54.6. The molecule has 0 bridgehead atoms. The van der Waals surface area contributed by atoms with Crippen LogP contribution >= 0.6 is 0 Å². The molecule has 0 fully saturated rings. The summed E-state index contributed by atoms with van der Waals surface area (Å²) in [6.45, 7) is 23.3. The lowest BCUT2D eigenvalue weighted by molar-refractivity contribution is -0.146. The van der Waals surface area contributed by atoms with Gasteiger partial charge in [-0.3, -0.25) is 19.2 Å². The van der Waals surface area contributed by atoms with E-state index in [9.17, 15) is 24.3 Å². The molecule has 1 N–H and O–H groups in total. The minimum atomic E-state index is -0.0142. The van der Waals surface area contributed by atoms with Gasteiger partial charge in [0.2, 0.25) is 12.3 Å². The Morgan fingerprint density at radius 3 is 0.965 bits per heavy atom. The lowest BCUT2D eigenvalue weighted by Crippen LogP contribution is -2.31. The third-order valence-corrected chi connectivity index (χ3v) is 17.9. The summed E-state index contributed by atoms with van der Waals surface area (Å²) in [5, 5.41) is 9.47. The molecule has 0 aliphatic rings. The quantitative estimate of drug-likeness (QED) is 0.0364. The number of esters is 2. The zero-order valence-electron chi connectivity index (χ0n) is 58.3. The number of hydrogen-bond acceptors (Lipinski definition) is 8. The van der Waals surface area contributed by atoms with Crippen LogP contribution in [-0.4, -0.2) is 110 Å². The van der Waals surface area contributed by atoms with Crippen LogP contribution in [-0.2, 0) is 28.7 Å². The van der Waals surface area contributed by atoms with Crippen molar-refractivity contribution in [3.05, 3.63) is 0 Å². The van der Waals surface area contributed by atoms with E-state index in [1.165, 1.54) is 238 Å². The molecule has 85 heavy (non-hydrogen) atoms. The van der Waals surface area contributed by atoms with Crippen molar-refractivity contribution < 1.29 is 33.8 Å². The van der Waals surface area contributed by atoms with E-state index in [1.807, 2.05) is 11.8 Å². The highest BCUT2D eigenvalue weighted by atomic mass is 16.5. The Morgan fingerprint density at radius 1 is 0.341 bits per heavy atom. The highest BCUT2D eigenvalue weighted by Gasteiger charge is 2.15. The van der Waals surface area contributed by atoms with Crippen LogP contribution in [0.15, 0.2) is 0 Å². The largest absolute Gasteiger partial charge is 0.465 e. The lowest BCUT2D eigenvalue weighted by Gasteiger charge is -2.21. The summed E-state index contributed by atoms with van der Waals surface area (Å²) in [7, 11) is 0. The fraction of sp³-hybridized carbons (Fsp3) is 0.947. The fourth-order valence-electron chi connectivity index (χ4n) is 11.9. The average molecular weight is 1210 g/mol. The minimum Gasteiger partial charge on any atom is -0.465 e. The number of carbonyl (C=O) groups excluding carboxylic acids is 4. The molecule has 0 heterocycles. The zero-order valence-corrected chi connectivity index (χ0v) is 58.3. The maximum absolute atomic E-state index is 12.8. The summed E-state index contributed by atoms with van der Waals surface area (Å²) < 4.78 is 11.4. The van der Waals surface area contributed by atoms with Crippen molar-refractivity contribution in [2.75, 3.05) is 65.6 Å². The van der Waals surface area contributed by atoms with E-state index in [4.69, 9.17) is 9.47 Å². The first kappa shape index (κ1) is 84.9. The molecule has 0 aromatic rings. The van der Waals surface area contributed by atoms with Crippen LogP contribution in [0.3, 0.4) is 0 Å². The Kier molecular flexibility index (Phi) is 70.8. The molecule has 0 saturated carbocycles. The molecular formula is C75H149N3O7. The molecular weight excluding hydrogens is 1050 g/mol. The second kappa shape index (κ2) is 70.9. The number of unbranched alkanes of at least 4 members (excludes halogenated alkanes) is 37. The van der Waals surface area contributed by atoms with Gasteiger partial charge >= 0.3 is 11.9 Å². The molecule has 10 nitrogen and oxygen atoms in total. The molecule has 2 atom stereocenters. The predicted octanol–water partition coefficient (Wildman–Crippen LogP) is 21.3. The second-order valence-electron chi connectivity index (χ2n) is 25.9. The molecule has 0 aliphatic heterocycles. The van der Waals surface area contributed by atoms with Gasteiger partial charge in [-0.15, -0.1) is 0 Å². The van der Waals surface area contributed by atoms with Crippen LogP contribution in [0.5, 0.6) is 0 Å². The number of aliphatic hydroxyl groups excluding tert-OH is 1. The monoisotopic (exact) mass is 1200 g/mol. The van der Waals surface area contributed by atoms with Crippen LogP contribution in [0.1, 0.15) is 382 Å². The van der Waals surface area contributed by atoms with Crippen molar-refractivity contribution in [1.82, 2.24) is 14.7 Å². The van der Waals surface area contributed by atoms with Gasteiger partial charge in [0, 0.05) is 52.0 Å². The Morgan fingerprint density at radius 2 is 0.635 bits per heavy atom. The standard InChI is InChI=1S/C48H96N2O4.C27H53NO3/c1-5-9-12-15-17-20-26-33-40-49(43-44-51)41-34-27-21-18-19-24-31-38-47(52)50(8-4)42-35-28-22-25-32-39-48(53)54-45-46(36-29-14-11-7-3)37-30-23-16-13-10-6-2;1-4-7-9-11-13-17-21-26(20-16-10-8-5-2)24-31-27(30)22-18-14-12-15-19-23-28(6-3)25-29/h46,51H,5-45H2,1-4H3;25-26H,4-24H2,1-3H3. The van der Waals surface area contributed by atoms with Gasteiger partial charge in [-0.05, 0) is 109 Å². The van der Waals surface area contributed by atoms with Crippen molar-refractivity contribution >= 4 is 24.3 Å². The van der Waals surface area contributed by atoms with Crippen LogP contribution in [0, 0.1) is 11.8 Å². The minimum absolute atomic E-state index is 0.00979. The Hall–Kier alpha value is -2.20. The molecule has 0 rings (SSSR count). The number of nitrogens with zero attached hydrogens (tertiary/aromatic N) is 3. The molecule has 2 unspecified atom stereocenters. The van der Waals surface area contributed by atoms with Gasteiger partial charge in [0.25, 0.3) is 0 Å². The first-order chi connectivity index (χ1) is 41.7. The molecule has 506 valence electrons. The summed E-state index contributed by atoms with van der Waals surface area (Å²) in [6, 6.07) is 0. The summed E-state index contributed by atoms with van der Waals surface area (Å²) in [5.74, 6) is 1.38. The molecule has 0 aromatic carbocycles. The Bertz CT molecular complexity index is 1370. The normalized spacial score (nSPS) is 12.1. The summed E-state index contributed by atoms with van der Waals surface area (Å²) >= 11 is 0. The Labute approximate surface area is 530 Å². The van der Waals surface area contributed by atoms with Gasteiger partial charge in [0.05, 0.1) is 19.8 Å². The number of amides is 2. The van der Waals surface area contributed by atoms with Crippen molar-refractivity contribution in [2.24, 2.45) is 11.8 Å². The molecule has 0 saturated heterocycles. The van der Waals surface area contributed by atoms with E-state index in [1.54, 1.807) is 4.90 Å². The first-order valence-corrected chi connectivity index (χ1v) is 37.8. The third kappa shape index (κ3) is 63.2. The van der Waals surface area contributed by atoms with Crippen LogP contribution < -0.4 is 0 Å². The zero-order chi connectivity index (χ0) is 62.6. The van der Waals surface area contributed by atoms with E-state index in [0.717, 1.165) is 129 Å². The molecule has 10 heteroatoms. The second-order valence-corrected chi connectivity index (χ2v) is 25.9. The number of ether oxygens (including phenoxy) is 2. The van der Waals surface area contributed by atoms with E-state index < -0.39 is 0 Å². The van der Waals surface area contributed by atoms with E-state index in [0.29, 0.717) is 50.2 Å². The maximum Gasteiger partial charge on any atom is 0.305 e. The molecule has 0 radical (unpaired) electrons. The van der Waals surface area contributed by atoms with E-state index >= 15 is 0 Å². The molecule has 0 aliphatic carbocycles. The fourth-order valence-corrected chi connectivity index (χ4v) is 11.9. The van der Waals surface area contributed by atoms with Crippen LogP contribution in [0.25, 0.3) is 0 Å². The van der Waals surface area contributed by atoms with Crippen molar-refractivity contribution in [3.63, 3.8) is 0 Å². The third-order valence-electron chi connectivity index (χ3n) is 17.9. The van der Waals surface area contributed by atoms with Crippen molar-refractivity contribution in [1.29, 1.82) is 0 Å². The summed E-state index contributed by atoms with van der Waals surface area (Å²) in [5.41, 5.74) is 0. The molecule has 0 aromatic heterocycles. The van der Waals surface area contributed by atoms with Gasteiger partial charge in [-0.1, -0.05) is 279 Å². The first-order valence-electron chi connectivity index (χ1n) is 37.8. The number of rotatable bonds is 68. The number of hydrogen-bond donors (Lipinski definition) is 1. The topological polar surface area (TPSA) is 117 Å². The predicted molar refractivity (Wildman–Crippen MR) is 366 cm³/mol. The van der Waals surface area contributed by atoms with E-state index in [2.05, 4.69) is 46.4 Å². The smallest absolute Gasteiger partial charge is 0.305 e. The SMILES string of the molecule is CCCCCCCCC(CCCCCC)COC(=O)CCCCCCCN(C=O)CC.CCCCCCCCCCN(CCO)CCCCCCCCCC(=O)N(CC)CCCCCCCC(=O)OCC(CCCCCC)CCCCCCCC. The van der Waals surface area contributed by atoms with E-state index in [-0.39, 0.29) is 18.5 Å². The highest BCUT2D eigenvalue weighted by molar-refractivity contribution is 5.76. The van der Waals surface area contributed by atoms with Gasteiger partial charge in [-0.2, -0.15) is 0 Å². The van der Waals surface area contributed by atoms with Crippen molar-refractivity contribution in [2.45, 2.75) is 382 Å². The van der Waals surface area contributed by atoms with Crippen molar-refractivity contribution in [3.8, 4) is 0 Å². The maximum atomic E-state index is 12.8. The molecule has 2 amide bonds. The molecule has 0 spiro atoms. The van der Waals surface area contributed by atoms with Gasteiger partial charge in [0.15, 0.2) is 0 Å². The number of carbonyl (C=O) groups is 4. The van der Waals surface area contributed by atoms with Gasteiger partial charge < -0.3 is 29.3 Å². The summed E-state index contributed by atoms with van der Waals surface area (Å²) in [6.07, 6.45) is 63.5. The Balaban J connectivity index is 0. The van der Waals surface area contributed by atoms with Crippen LogP contribution in [0.2, 0.25) is 0 Å². The van der Waals surface area contributed by atoms with Gasteiger partial charge in [-0.25, -0.2) is 0 Å².